The summed E-state index contributed by atoms with van der Waals surface area (Å²) >= 11 is 0. The summed E-state index contributed by atoms with van der Waals surface area (Å²) in [4.78, 5) is 15.5. The monoisotopic (exact) mass is 364 g/mol. The van der Waals surface area contributed by atoms with E-state index in [1.54, 1.807) is 36.8 Å². The highest BCUT2D eigenvalue weighted by Crippen LogP contribution is 2.24. The summed E-state index contributed by atoms with van der Waals surface area (Å²) in [6, 6.07) is 12.3. The fourth-order valence-electron chi connectivity index (χ4n) is 3.33. The number of piperidine rings is 1. The summed E-state index contributed by atoms with van der Waals surface area (Å²) in [6.07, 6.45) is 7.41. The molecule has 3 heterocycles. The van der Waals surface area contributed by atoms with Gasteiger partial charge in [-0.15, -0.1) is 0 Å². The Morgan fingerprint density at radius 1 is 1.11 bits per heavy atom. The fraction of sp³-hybridized carbons (Fsp3) is 0.286. The fourth-order valence-corrected chi connectivity index (χ4v) is 3.33. The first kappa shape index (κ1) is 17.4. The first-order chi connectivity index (χ1) is 13.3. The molecule has 0 radical (unpaired) electrons. The lowest BCUT2D eigenvalue weighted by Gasteiger charge is -2.32. The predicted molar refractivity (Wildman–Crippen MR) is 102 cm³/mol. The minimum Gasteiger partial charge on any atom is -0.490 e. The molecule has 1 aliphatic heterocycles. The Labute approximate surface area is 157 Å². The van der Waals surface area contributed by atoms with E-state index in [-0.39, 0.29) is 5.82 Å². The van der Waals surface area contributed by atoms with Gasteiger partial charge in [0.2, 0.25) is 5.95 Å². The molecule has 27 heavy (non-hydrogen) atoms. The van der Waals surface area contributed by atoms with E-state index in [0.717, 1.165) is 37.2 Å². The molecule has 0 bridgehead atoms. The van der Waals surface area contributed by atoms with Gasteiger partial charge < -0.3 is 9.64 Å². The number of ether oxygens (including phenoxy) is 1. The first-order valence-electron chi connectivity index (χ1n) is 9.15. The van der Waals surface area contributed by atoms with Crippen LogP contribution in [0.3, 0.4) is 0 Å². The van der Waals surface area contributed by atoms with Crippen molar-refractivity contribution in [3.8, 4) is 17.0 Å². The number of aromatic nitrogens is 3. The van der Waals surface area contributed by atoms with E-state index in [1.807, 2.05) is 18.2 Å². The van der Waals surface area contributed by atoms with Gasteiger partial charge in [-0.2, -0.15) is 0 Å². The van der Waals surface area contributed by atoms with Gasteiger partial charge in [0.1, 0.15) is 0 Å². The van der Waals surface area contributed by atoms with E-state index < -0.39 is 0 Å². The highest BCUT2D eigenvalue weighted by Gasteiger charge is 2.23. The molecule has 3 aromatic rings. The van der Waals surface area contributed by atoms with Gasteiger partial charge in [0.15, 0.2) is 11.6 Å². The predicted octanol–water partition coefficient (Wildman–Crippen LogP) is 3.97. The maximum Gasteiger partial charge on any atom is 0.225 e. The number of nitrogens with zero attached hydrogens (tertiary/aromatic N) is 4. The lowest BCUT2D eigenvalue weighted by atomic mass is 9.99. The van der Waals surface area contributed by atoms with Crippen molar-refractivity contribution < 1.29 is 9.13 Å². The van der Waals surface area contributed by atoms with Crippen LogP contribution in [0.5, 0.6) is 5.75 Å². The van der Waals surface area contributed by atoms with Crippen molar-refractivity contribution in [1.29, 1.82) is 0 Å². The first-order valence-corrected chi connectivity index (χ1v) is 9.15. The number of hydrogen-bond acceptors (Lipinski definition) is 5. The summed E-state index contributed by atoms with van der Waals surface area (Å²) in [5.41, 5.74) is 1.83. The lowest BCUT2D eigenvalue weighted by molar-refractivity contribution is 0.220. The standard InChI is InChI=1S/C21H21FN4O/c22-18-7-1-2-8-20(18)27-15-16-5-4-12-26(14-16)21-24-11-9-19(25-21)17-6-3-10-23-13-17/h1-3,6-11,13,16H,4-5,12,14-15H2/t16-/m0/s1. The zero-order chi connectivity index (χ0) is 18.5. The van der Waals surface area contributed by atoms with Gasteiger partial charge in [0, 0.05) is 43.2 Å². The molecule has 1 atom stereocenters. The number of anilines is 1. The second-order valence-corrected chi connectivity index (χ2v) is 6.68. The molecule has 2 aromatic heterocycles. The molecule has 6 heteroatoms. The summed E-state index contributed by atoms with van der Waals surface area (Å²) in [5, 5.41) is 0. The van der Waals surface area contributed by atoms with Gasteiger partial charge in [-0.25, -0.2) is 14.4 Å². The minimum absolute atomic E-state index is 0.309. The second kappa shape index (κ2) is 8.12. The van der Waals surface area contributed by atoms with Gasteiger partial charge in [-0.05, 0) is 43.2 Å². The molecule has 0 spiro atoms. The van der Waals surface area contributed by atoms with Crippen LogP contribution < -0.4 is 9.64 Å². The van der Waals surface area contributed by atoms with Gasteiger partial charge in [-0.1, -0.05) is 12.1 Å². The number of hydrogen-bond donors (Lipinski definition) is 0. The van der Waals surface area contributed by atoms with Crippen molar-refractivity contribution in [3.63, 3.8) is 0 Å². The zero-order valence-corrected chi connectivity index (χ0v) is 15.0. The molecule has 1 aromatic carbocycles. The molecule has 1 aliphatic rings. The maximum absolute atomic E-state index is 13.7. The Kier molecular flexibility index (Phi) is 5.23. The van der Waals surface area contributed by atoms with Crippen molar-refractivity contribution in [2.45, 2.75) is 12.8 Å². The quantitative estimate of drug-likeness (QED) is 0.686. The summed E-state index contributed by atoms with van der Waals surface area (Å²) in [5.74, 6) is 1.01. The molecule has 0 N–H and O–H groups in total. The lowest BCUT2D eigenvalue weighted by Crippen LogP contribution is -2.38. The molecule has 1 saturated heterocycles. The Morgan fingerprint density at radius 2 is 2.04 bits per heavy atom. The molecule has 0 amide bonds. The largest absolute Gasteiger partial charge is 0.490 e. The molecule has 0 aliphatic carbocycles. The van der Waals surface area contributed by atoms with Crippen LogP contribution in [-0.4, -0.2) is 34.6 Å². The number of para-hydroxylation sites is 1. The van der Waals surface area contributed by atoms with Crippen molar-refractivity contribution in [2.24, 2.45) is 5.92 Å². The van der Waals surface area contributed by atoms with Crippen LogP contribution in [-0.2, 0) is 0 Å². The third kappa shape index (κ3) is 4.22. The van der Waals surface area contributed by atoms with Crippen molar-refractivity contribution in [3.05, 3.63) is 66.9 Å². The van der Waals surface area contributed by atoms with Crippen molar-refractivity contribution in [2.75, 3.05) is 24.6 Å². The molecule has 0 unspecified atom stereocenters. The van der Waals surface area contributed by atoms with Crippen LogP contribution in [0.4, 0.5) is 10.3 Å². The van der Waals surface area contributed by atoms with Crippen LogP contribution in [0.15, 0.2) is 61.1 Å². The van der Waals surface area contributed by atoms with Gasteiger partial charge >= 0.3 is 0 Å². The van der Waals surface area contributed by atoms with E-state index in [0.29, 0.717) is 24.2 Å². The third-order valence-electron chi connectivity index (χ3n) is 4.71. The SMILES string of the molecule is Fc1ccccc1OC[C@H]1CCCN(c2nccc(-c3cccnc3)n2)C1. The van der Waals surface area contributed by atoms with Crippen molar-refractivity contribution in [1.82, 2.24) is 15.0 Å². The highest BCUT2D eigenvalue weighted by atomic mass is 19.1. The van der Waals surface area contributed by atoms with Crippen LogP contribution >= 0.6 is 0 Å². The molecule has 1 fully saturated rings. The van der Waals surface area contributed by atoms with Crippen LogP contribution in [0, 0.1) is 11.7 Å². The van der Waals surface area contributed by atoms with E-state index in [9.17, 15) is 4.39 Å². The summed E-state index contributed by atoms with van der Waals surface area (Å²) in [6.45, 7) is 2.19. The van der Waals surface area contributed by atoms with Crippen LogP contribution in [0.25, 0.3) is 11.3 Å². The Morgan fingerprint density at radius 3 is 2.89 bits per heavy atom. The summed E-state index contributed by atoms with van der Waals surface area (Å²) < 4.78 is 19.4. The minimum atomic E-state index is -0.322. The normalized spacial score (nSPS) is 16.9. The average molecular weight is 364 g/mol. The van der Waals surface area contributed by atoms with Crippen LogP contribution in [0.2, 0.25) is 0 Å². The van der Waals surface area contributed by atoms with Gasteiger partial charge in [0.05, 0.1) is 12.3 Å². The maximum atomic E-state index is 13.7. The molecule has 5 nitrogen and oxygen atoms in total. The number of benzene rings is 1. The van der Waals surface area contributed by atoms with E-state index >= 15 is 0 Å². The molecule has 0 saturated carbocycles. The molecular weight excluding hydrogens is 343 g/mol. The average Bonchev–Trinajstić information content (AvgIpc) is 2.74. The zero-order valence-electron chi connectivity index (χ0n) is 15.0. The topological polar surface area (TPSA) is 51.1 Å². The van der Waals surface area contributed by atoms with Gasteiger partial charge in [-0.3, -0.25) is 4.98 Å². The van der Waals surface area contributed by atoms with E-state index in [4.69, 9.17) is 9.72 Å². The summed E-state index contributed by atoms with van der Waals surface area (Å²) in [7, 11) is 0. The van der Waals surface area contributed by atoms with Gasteiger partial charge in [0.25, 0.3) is 0 Å². The Balaban J connectivity index is 1.43. The third-order valence-corrected chi connectivity index (χ3v) is 4.71. The van der Waals surface area contributed by atoms with E-state index in [2.05, 4.69) is 14.9 Å². The Bertz CT molecular complexity index is 890. The molecule has 4 rings (SSSR count). The van der Waals surface area contributed by atoms with Crippen LogP contribution in [0.1, 0.15) is 12.8 Å². The number of pyridine rings is 1. The molecule has 138 valence electrons. The van der Waals surface area contributed by atoms with Crippen molar-refractivity contribution >= 4 is 5.95 Å². The highest BCUT2D eigenvalue weighted by molar-refractivity contribution is 5.58. The number of rotatable bonds is 5. The number of halogens is 1. The van der Waals surface area contributed by atoms with E-state index in [1.165, 1.54) is 6.07 Å². The molecular formula is C21H21FN4O. The Hall–Kier alpha value is -3.02. The second-order valence-electron chi connectivity index (χ2n) is 6.68. The smallest absolute Gasteiger partial charge is 0.225 e.